The van der Waals surface area contributed by atoms with Gasteiger partial charge in [-0.15, -0.1) is 0 Å². The summed E-state index contributed by atoms with van der Waals surface area (Å²) in [5.41, 5.74) is 0.500. The Morgan fingerprint density at radius 3 is 0.864 bits per heavy atom. The van der Waals surface area contributed by atoms with Gasteiger partial charge in [0.25, 0.3) is 0 Å². The zero-order valence-corrected chi connectivity index (χ0v) is 19.4. The van der Waals surface area contributed by atoms with Gasteiger partial charge in [-0.25, -0.2) is 0 Å². The van der Waals surface area contributed by atoms with Gasteiger partial charge in [0.2, 0.25) is 0 Å². The van der Waals surface area contributed by atoms with Crippen molar-refractivity contribution in [1.82, 2.24) is 0 Å². The maximum Gasteiger partial charge on any atom is -0.0391 e. The summed E-state index contributed by atoms with van der Waals surface area (Å²) in [6, 6.07) is 0. The molecule has 1 aliphatic carbocycles. The molecular weight excluding hydrogens is 264 g/mol. The second-order valence-electron chi connectivity index (χ2n) is 6.74. The number of rotatable bonds is 0. The van der Waals surface area contributed by atoms with E-state index in [9.17, 15) is 0 Å². The first kappa shape index (κ1) is 33.6. The molecule has 2 atom stereocenters. The Hall–Kier alpha value is 0. The molecule has 0 aliphatic heterocycles. The van der Waals surface area contributed by atoms with Crippen LogP contribution in [-0.2, 0) is 0 Å². The van der Waals surface area contributed by atoms with E-state index in [1.807, 2.05) is 55.4 Å². The molecule has 0 N–H and O–H groups in total. The number of hydrogen-bond donors (Lipinski definition) is 0. The van der Waals surface area contributed by atoms with Crippen LogP contribution in [0.4, 0.5) is 0 Å². The first-order valence-corrected chi connectivity index (χ1v) is 10.2. The summed E-state index contributed by atoms with van der Waals surface area (Å²) in [5, 5.41) is 0. The van der Waals surface area contributed by atoms with Crippen molar-refractivity contribution in [2.24, 2.45) is 23.2 Å². The Kier molecular flexibility index (Phi) is 39.6. The van der Waals surface area contributed by atoms with E-state index in [1.165, 1.54) is 19.3 Å². The van der Waals surface area contributed by atoms with Gasteiger partial charge in [-0.3, -0.25) is 0 Å². The third-order valence-corrected chi connectivity index (χ3v) is 3.11. The molecule has 0 spiro atoms. The van der Waals surface area contributed by atoms with Gasteiger partial charge < -0.3 is 0 Å². The van der Waals surface area contributed by atoms with Crippen molar-refractivity contribution in [3.63, 3.8) is 0 Å². The van der Waals surface area contributed by atoms with Crippen molar-refractivity contribution in [1.29, 1.82) is 0 Å². The maximum absolute atomic E-state index is 2.40. The lowest BCUT2D eigenvalue weighted by atomic mass is 9.75. The molecule has 0 amide bonds. The highest BCUT2D eigenvalue weighted by Crippen LogP contribution is 2.33. The van der Waals surface area contributed by atoms with E-state index in [1.54, 1.807) is 0 Å². The van der Waals surface area contributed by atoms with Crippen LogP contribution in [0.1, 0.15) is 123 Å². The largest absolute Gasteiger partial charge is 0.0683 e. The van der Waals surface area contributed by atoms with Crippen LogP contribution in [0.5, 0.6) is 0 Å². The standard InChI is InChI=1S/C9H18.C5H12.4C2H6/c1-7-5-4-6-8(2)9(7)3;1-5(2,3)4;4*1-2/h7-9H,4-6H2,1-3H3;1-4H3;4*1-2H3. The Bertz CT molecular complexity index is 125. The van der Waals surface area contributed by atoms with Crippen LogP contribution in [-0.4, -0.2) is 0 Å². The van der Waals surface area contributed by atoms with Gasteiger partial charge in [0.05, 0.1) is 0 Å². The van der Waals surface area contributed by atoms with Crippen LogP contribution in [0.15, 0.2) is 0 Å². The second-order valence-corrected chi connectivity index (χ2v) is 6.74. The highest BCUT2D eigenvalue weighted by molar-refractivity contribution is 4.73. The Labute approximate surface area is 146 Å². The molecule has 142 valence electrons. The monoisotopic (exact) mass is 318 g/mol. The predicted octanol–water partition coefficient (Wildman–Crippen LogP) is 9.24. The average Bonchev–Trinajstić information content (AvgIpc) is 2.51. The van der Waals surface area contributed by atoms with E-state index >= 15 is 0 Å². The highest BCUT2D eigenvalue weighted by atomic mass is 14.3. The smallest absolute Gasteiger partial charge is 0.0391 e. The lowest BCUT2D eigenvalue weighted by Gasteiger charge is -2.31. The maximum atomic E-state index is 2.40. The summed E-state index contributed by atoms with van der Waals surface area (Å²) in [6.07, 6.45) is 4.39. The normalized spacial score (nSPS) is 22.2. The minimum atomic E-state index is 0.500. The molecule has 1 saturated carbocycles. The van der Waals surface area contributed by atoms with Crippen LogP contribution in [0.2, 0.25) is 0 Å². The highest BCUT2D eigenvalue weighted by Gasteiger charge is 2.22. The molecule has 0 aromatic rings. The van der Waals surface area contributed by atoms with Crippen molar-refractivity contribution in [2.75, 3.05) is 0 Å². The van der Waals surface area contributed by atoms with Crippen LogP contribution in [0.25, 0.3) is 0 Å². The summed E-state index contributed by atoms with van der Waals surface area (Å²) in [4.78, 5) is 0. The molecule has 2 unspecified atom stereocenters. The van der Waals surface area contributed by atoms with E-state index in [0.717, 1.165) is 17.8 Å². The minimum Gasteiger partial charge on any atom is -0.0683 e. The zero-order valence-electron chi connectivity index (χ0n) is 19.4. The summed E-state index contributed by atoms with van der Waals surface area (Å²) < 4.78 is 0. The van der Waals surface area contributed by atoms with Gasteiger partial charge in [0, 0.05) is 0 Å². The third-order valence-electron chi connectivity index (χ3n) is 3.11. The van der Waals surface area contributed by atoms with E-state index in [2.05, 4.69) is 48.5 Å². The fraction of sp³-hybridized carbons (Fsp3) is 1.00. The summed E-state index contributed by atoms with van der Waals surface area (Å²) >= 11 is 0. The zero-order chi connectivity index (χ0) is 19.4. The fourth-order valence-electron chi connectivity index (χ4n) is 1.85. The fourth-order valence-corrected chi connectivity index (χ4v) is 1.85. The predicted molar refractivity (Wildman–Crippen MR) is 112 cm³/mol. The molecule has 0 bridgehead atoms. The first-order valence-electron chi connectivity index (χ1n) is 10.2. The molecule has 1 fully saturated rings. The van der Waals surface area contributed by atoms with E-state index < -0.39 is 0 Å². The topological polar surface area (TPSA) is 0 Å². The first-order chi connectivity index (χ1) is 10.2. The van der Waals surface area contributed by atoms with E-state index in [4.69, 9.17) is 0 Å². The second kappa shape index (κ2) is 25.9. The van der Waals surface area contributed by atoms with Crippen LogP contribution < -0.4 is 0 Å². The molecular formula is C22H54. The van der Waals surface area contributed by atoms with Crippen molar-refractivity contribution in [2.45, 2.75) is 123 Å². The van der Waals surface area contributed by atoms with Crippen LogP contribution in [0.3, 0.4) is 0 Å². The molecule has 0 radical (unpaired) electrons. The minimum absolute atomic E-state index is 0.500. The third kappa shape index (κ3) is 36.8. The van der Waals surface area contributed by atoms with Gasteiger partial charge in [0.15, 0.2) is 0 Å². The van der Waals surface area contributed by atoms with Gasteiger partial charge in [-0.05, 0) is 23.2 Å². The molecule has 0 nitrogen and oxygen atoms in total. The van der Waals surface area contributed by atoms with Gasteiger partial charge in [-0.2, -0.15) is 0 Å². The summed E-state index contributed by atoms with van der Waals surface area (Å²) in [6.45, 7) is 31.9. The molecule has 1 rings (SSSR count). The molecule has 1 aliphatic rings. The summed E-state index contributed by atoms with van der Waals surface area (Å²) in [7, 11) is 0. The summed E-state index contributed by atoms with van der Waals surface area (Å²) in [5.74, 6) is 2.93. The molecule has 0 heteroatoms. The van der Waals surface area contributed by atoms with Crippen molar-refractivity contribution >= 4 is 0 Å². The average molecular weight is 319 g/mol. The van der Waals surface area contributed by atoms with Crippen molar-refractivity contribution in [3.8, 4) is 0 Å². The van der Waals surface area contributed by atoms with E-state index in [-0.39, 0.29) is 0 Å². The van der Waals surface area contributed by atoms with Crippen molar-refractivity contribution in [3.05, 3.63) is 0 Å². The molecule has 22 heavy (non-hydrogen) atoms. The van der Waals surface area contributed by atoms with Crippen molar-refractivity contribution < 1.29 is 0 Å². The SMILES string of the molecule is CC.CC.CC.CC.CC(C)(C)C.CC1CCCC(C)C1C. The van der Waals surface area contributed by atoms with Crippen LogP contribution in [0, 0.1) is 23.2 Å². The lowest BCUT2D eigenvalue weighted by Crippen LogP contribution is -2.21. The lowest BCUT2D eigenvalue weighted by molar-refractivity contribution is 0.197. The van der Waals surface area contributed by atoms with Gasteiger partial charge in [-0.1, -0.05) is 123 Å². The molecule has 0 heterocycles. The Morgan fingerprint density at radius 1 is 0.545 bits per heavy atom. The molecule has 0 aromatic heterocycles. The molecule has 0 aromatic carbocycles. The van der Waals surface area contributed by atoms with Gasteiger partial charge in [0.1, 0.15) is 0 Å². The Balaban J connectivity index is -0.0000000639. The Morgan fingerprint density at radius 2 is 0.727 bits per heavy atom. The van der Waals surface area contributed by atoms with E-state index in [0.29, 0.717) is 5.41 Å². The quantitative estimate of drug-likeness (QED) is 0.417. The van der Waals surface area contributed by atoms with Crippen LogP contribution >= 0.6 is 0 Å². The van der Waals surface area contributed by atoms with Gasteiger partial charge >= 0.3 is 0 Å². The number of hydrogen-bond acceptors (Lipinski definition) is 0. The molecule has 0 saturated heterocycles.